The summed E-state index contributed by atoms with van der Waals surface area (Å²) in [7, 11) is -1.32. The highest BCUT2D eigenvalue weighted by atomic mass is 35.5. The zero-order chi connectivity index (χ0) is 14.5. The van der Waals surface area contributed by atoms with E-state index in [9.17, 15) is 4.21 Å². The second-order valence-corrected chi connectivity index (χ2v) is 6.31. The fraction of sp³-hybridized carbons (Fsp3) is 0.143. The Morgan fingerprint density at radius 2 is 1.70 bits per heavy atom. The van der Waals surface area contributed by atoms with Crippen molar-refractivity contribution in [3.05, 3.63) is 52.5 Å². The molecule has 106 valence electrons. The van der Waals surface area contributed by atoms with Crippen LogP contribution in [0.15, 0.2) is 47.4 Å². The molecule has 2 aromatic rings. The largest absolute Gasteiger partial charge is 0.490 e. The van der Waals surface area contributed by atoms with E-state index in [4.69, 9.17) is 33.7 Å². The second kappa shape index (κ2) is 6.97. The van der Waals surface area contributed by atoms with Gasteiger partial charge in [0, 0.05) is 0 Å². The Bertz CT molecular complexity index is 614. The first-order valence-corrected chi connectivity index (χ1v) is 7.97. The Kier molecular flexibility index (Phi) is 5.29. The monoisotopic (exact) mass is 329 g/mol. The summed E-state index contributed by atoms with van der Waals surface area (Å²) in [5.41, 5.74) is 6.30. The summed E-state index contributed by atoms with van der Waals surface area (Å²) in [6.45, 7) is 0.266. The van der Waals surface area contributed by atoms with Crippen molar-refractivity contribution in [2.45, 2.75) is 4.90 Å². The van der Waals surface area contributed by atoms with Gasteiger partial charge < -0.3 is 10.5 Å². The summed E-state index contributed by atoms with van der Waals surface area (Å²) in [6.07, 6.45) is 0. The van der Waals surface area contributed by atoms with Gasteiger partial charge in [0.25, 0.3) is 0 Å². The van der Waals surface area contributed by atoms with E-state index in [1.807, 2.05) is 12.1 Å². The molecule has 0 aromatic heterocycles. The molecule has 2 rings (SSSR count). The quantitative estimate of drug-likeness (QED) is 0.849. The van der Waals surface area contributed by atoms with Gasteiger partial charge in [0.15, 0.2) is 0 Å². The normalized spacial score (nSPS) is 12.1. The van der Waals surface area contributed by atoms with Crippen LogP contribution in [0.2, 0.25) is 10.0 Å². The molecule has 0 aliphatic rings. The van der Waals surface area contributed by atoms with E-state index in [0.717, 1.165) is 0 Å². The maximum Gasteiger partial charge on any atom is 0.142 e. The molecule has 0 heterocycles. The van der Waals surface area contributed by atoms with Crippen molar-refractivity contribution in [1.82, 2.24) is 0 Å². The van der Waals surface area contributed by atoms with Crippen molar-refractivity contribution in [3.63, 3.8) is 0 Å². The van der Waals surface area contributed by atoms with Crippen molar-refractivity contribution >= 4 is 39.7 Å². The van der Waals surface area contributed by atoms with Crippen LogP contribution in [0.25, 0.3) is 0 Å². The molecule has 0 spiro atoms. The first-order chi connectivity index (χ1) is 9.59. The highest BCUT2D eigenvalue weighted by molar-refractivity contribution is 7.85. The van der Waals surface area contributed by atoms with Gasteiger partial charge in [0.2, 0.25) is 0 Å². The minimum Gasteiger partial charge on any atom is -0.490 e. The summed E-state index contributed by atoms with van der Waals surface area (Å²) in [4.78, 5) is 0.445. The lowest BCUT2D eigenvalue weighted by Crippen LogP contribution is -2.10. The summed E-state index contributed by atoms with van der Waals surface area (Å²) >= 11 is 12.0. The van der Waals surface area contributed by atoms with Gasteiger partial charge in [-0.05, 0) is 24.3 Å². The van der Waals surface area contributed by atoms with E-state index in [1.165, 1.54) is 0 Å². The molecular formula is C14H13Cl2NO2S. The van der Waals surface area contributed by atoms with Gasteiger partial charge in [-0.3, -0.25) is 4.21 Å². The number of rotatable bonds is 5. The predicted octanol–water partition coefficient (Wildman–Crippen LogP) is 3.76. The first kappa shape index (κ1) is 15.2. The molecule has 1 unspecified atom stereocenters. The van der Waals surface area contributed by atoms with E-state index < -0.39 is 10.8 Å². The molecule has 2 N–H and O–H groups in total. The summed E-state index contributed by atoms with van der Waals surface area (Å²) in [6, 6.07) is 12.2. The van der Waals surface area contributed by atoms with Gasteiger partial charge in [0.1, 0.15) is 12.4 Å². The molecule has 0 radical (unpaired) electrons. The Balaban J connectivity index is 1.98. The number of hydrogen-bond acceptors (Lipinski definition) is 3. The molecule has 0 aliphatic heterocycles. The Morgan fingerprint density at radius 3 is 2.35 bits per heavy atom. The third-order valence-corrected chi connectivity index (χ3v) is 4.88. The standard InChI is InChI=1S/C14H13Cl2NO2S/c15-10-4-3-5-11(16)14(10)20(18)9-8-19-13-7-2-1-6-12(13)17/h1-7H,8-9,17H2. The highest BCUT2D eigenvalue weighted by Gasteiger charge is 2.13. The summed E-state index contributed by atoms with van der Waals surface area (Å²) in [5, 5.41) is 0.796. The van der Waals surface area contributed by atoms with Crippen molar-refractivity contribution in [2.24, 2.45) is 0 Å². The molecule has 0 amide bonds. The SMILES string of the molecule is Nc1ccccc1OCCS(=O)c1c(Cl)cccc1Cl. The molecular weight excluding hydrogens is 317 g/mol. The second-order valence-electron chi connectivity index (χ2n) is 3.99. The van der Waals surface area contributed by atoms with E-state index in [0.29, 0.717) is 26.4 Å². The van der Waals surface area contributed by atoms with Crippen molar-refractivity contribution in [2.75, 3.05) is 18.1 Å². The number of anilines is 1. The van der Waals surface area contributed by atoms with Crippen molar-refractivity contribution < 1.29 is 8.95 Å². The third kappa shape index (κ3) is 3.66. The lowest BCUT2D eigenvalue weighted by molar-refractivity contribution is 0.344. The van der Waals surface area contributed by atoms with Crippen LogP contribution in [-0.4, -0.2) is 16.6 Å². The summed E-state index contributed by atoms with van der Waals surface area (Å²) < 4.78 is 17.7. The minimum absolute atomic E-state index is 0.266. The van der Waals surface area contributed by atoms with E-state index in [1.54, 1.807) is 30.3 Å². The van der Waals surface area contributed by atoms with Gasteiger partial charge in [-0.25, -0.2) is 0 Å². The number of benzene rings is 2. The fourth-order valence-corrected chi connectivity index (χ4v) is 3.57. The number of halogens is 2. The Hall–Kier alpha value is -1.23. The number of nitrogen functional groups attached to an aromatic ring is 1. The third-order valence-electron chi connectivity index (χ3n) is 2.59. The number of nitrogens with two attached hydrogens (primary N) is 1. The molecule has 3 nitrogen and oxygen atoms in total. The van der Waals surface area contributed by atoms with Crippen LogP contribution in [0.1, 0.15) is 0 Å². The Morgan fingerprint density at radius 1 is 1.05 bits per heavy atom. The maximum absolute atomic E-state index is 12.2. The number of hydrogen-bond donors (Lipinski definition) is 1. The predicted molar refractivity (Wildman–Crippen MR) is 84.1 cm³/mol. The van der Waals surface area contributed by atoms with Crippen LogP contribution in [-0.2, 0) is 10.8 Å². The van der Waals surface area contributed by atoms with Gasteiger partial charge in [-0.15, -0.1) is 0 Å². The minimum atomic E-state index is -1.32. The number of para-hydroxylation sites is 2. The average Bonchev–Trinajstić information content (AvgIpc) is 2.41. The molecule has 2 aromatic carbocycles. The van der Waals surface area contributed by atoms with Crippen LogP contribution in [0.5, 0.6) is 5.75 Å². The maximum atomic E-state index is 12.2. The van der Waals surface area contributed by atoms with Crippen LogP contribution < -0.4 is 10.5 Å². The molecule has 0 bridgehead atoms. The molecule has 0 aliphatic carbocycles. The smallest absolute Gasteiger partial charge is 0.142 e. The van der Waals surface area contributed by atoms with Gasteiger partial charge >= 0.3 is 0 Å². The van der Waals surface area contributed by atoms with Gasteiger partial charge in [-0.1, -0.05) is 41.4 Å². The van der Waals surface area contributed by atoms with Crippen LogP contribution >= 0.6 is 23.2 Å². The summed E-state index contributed by atoms with van der Waals surface area (Å²) in [5.74, 6) is 0.868. The lowest BCUT2D eigenvalue weighted by atomic mass is 10.3. The van der Waals surface area contributed by atoms with E-state index >= 15 is 0 Å². The van der Waals surface area contributed by atoms with Crippen LogP contribution in [0.3, 0.4) is 0 Å². The average molecular weight is 330 g/mol. The molecule has 1 atom stereocenters. The molecule has 20 heavy (non-hydrogen) atoms. The van der Waals surface area contributed by atoms with E-state index in [-0.39, 0.29) is 12.4 Å². The number of ether oxygens (including phenoxy) is 1. The van der Waals surface area contributed by atoms with Gasteiger partial charge in [-0.2, -0.15) is 0 Å². The molecule has 0 saturated carbocycles. The first-order valence-electron chi connectivity index (χ1n) is 5.89. The Labute approximate surface area is 130 Å². The van der Waals surface area contributed by atoms with Crippen molar-refractivity contribution in [1.29, 1.82) is 0 Å². The zero-order valence-electron chi connectivity index (χ0n) is 10.5. The highest BCUT2D eigenvalue weighted by Crippen LogP contribution is 2.28. The fourth-order valence-electron chi connectivity index (χ4n) is 1.64. The van der Waals surface area contributed by atoms with E-state index in [2.05, 4.69) is 0 Å². The topological polar surface area (TPSA) is 52.3 Å². The van der Waals surface area contributed by atoms with Crippen LogP contribution in [0, 0.1) is 0 Å². The van der Waals surface area contributed by atoms with Gasteiger partial charge in [0.05, 0.1) is 37.2 Å². The van der Waals surface area contributed by atoms with Crippen molar-refractivity contribution in [3.8, 4) is 5.75 Å². The molecule has 0 saturated heterocycles. The molecule has 0 fully saturated rings. The molecule has 6 heteroatoms. The lowest BCUT2D eigenvalue weighted by Gasteiger charge is -2.09. The van der Waals surface area contributed by atoms with Crippen LogP contribution in [0.4, 0.5) is 5.69 Å². The zero-order valence-corrected chi connectivity index (χ0v) is 12.8.